The first-order valence-electron chi connectivity index (χ1n) is 5.15. The lowest BCUT2D eigenvalue weighted by Gasteiger charge is -2.18. The number of sulfone groups is 1. The summed E-state index contributed by atoms with van der Waals surface area (Å²) in [6.07, 6.45) is 0. The van der Waals surface area contributed by atoms with Crippen molar-refractivity contribution in [3.8, 4) is 0 Å². The zero-order chi connectivity index (χ0) is 13.3. The van der Waals surface area contributed by atoms with Gasteiger partial charge in [0.2, 0.25) is 0 Å². The fourth-order valence-corrected chi connectivity index (χ4v) is 2.33. The minimum atomic E-state index is -3.47. The van der Waals surface area contributed by atoms with E-state index in [4.69, 9.17) is 11.6 Å². The van der Waals surface area contributed by atoms with Crippen molar-refractivity contribution in [1.82, 2.24) is 0 Å². The van der Waals surface area contributed by atoms with Crippen LogP contribution in [0.4, 0.5) is 0 Å². The third-order valence-electron chi connectivity index (χ3n) is 2.43. The Bertz CT molecular complexity index is 527. The molecule has 3 nitrogen and oxygen atoms in total. The number of hydrogen-bond donors (Lipinski definition) is 0. The van der Waals surface area contributed by atoms with Crippen molar-refractivity contribution in [2.24, 2.45) is 0 Å². The van der Waals surface area contributed by atoms with Crippen molar-refractivity contribution < 1.29 is 13.2 Å². The molecule has 1 rings (SSSR count). The Morgan fingerprint density at radius 2 is 1.76 bits per heavy atom. The van der Waals surface area contributed by atoms with E-state index in [0.717, 1.165) is 0 Å². The summed E-state index contributed by atoms with van der Waals surface area (Å²) in [6, 6.07) is 6.45. The van der Waals surface area contributed by atoms with Gasteiger partial charge >= 0.3 is 0 Å². The Morgan fingerprint density at radius 1 is 1.24 bits per heavy atom. The maximum atomic E-state index is 11.9. The van der Waals surface area contributed by atoms with Gasteiger partial charge in [0.25, 0.3) is 0 Å². The van der Waals surface area contributed by atoms with Crippen molar-refractivity contribution in [1.29, 1.82) is 0 Å². The standard InChI is InChI=1S/C12H15ClO3S/c1-12(2,3)17(15,16)8-11(14)9-6-4-5-7-10(9)13/h4-7H,8H2,1-3H3. The van der Waals surface area contributed by atoms with Gasteiger partial charge in [0.05, 0.1) is 9.77 Å². The molecule has 0 aliphatic rings. The van der Waals surface area contributed by atoms with E-state index in [2.05, 4.69) is 0 Å². The summed E-state index contributed by atoms with van der Waals surface area (Å²) in [5.74, 6) is -0.981. The Morgan fingerprint density at radius 3 is 2.24 bits per heavy atom. The van der Waals surface area contributed by atoms with Crippen LogP contribution in [-0.2, 0) is 9.84 Å². The molecule has 17 heavy (non-hydrogen) atoms. The van der Waals surface area contributed by atoms with E-state index in [1.54, 1.807) is 39.0 Å². The molecule has 0 atom stereocenters. The predicted molar refractivity (Wildman–Crippen MR) is 69.3 cm³/mol. The van der Waals surface area contributed by atoms with Crippen molar-refractivity contribution in [3.05, 3.63) is 34.9 Å². The predicted octanol–water partition coefficient (Wildman–Crippen LogP) is 2.74. The number of carbonyl (C=O) groups is 1. The number of rotatable bonds is 3. The van der Waals surface area contributed by atoms with Crippen LogP contribution in [0, 0.1) is 0 Å². The second kappa shape index (κ2) is 4.78. The molecule has 1 aromatic carbocycles. The molecule has 1 aromatic rings. The van der Waals surface area contributed by atoms with Crippen LogP contribution in [0.2, 0.25) is 5.02 Å². The van der Waals surface area contributed by atoms with Crippen LogP contribution in [0.25, 0.3) is 0 Å². The Kier molecular flexibility index (Phi) is 3.99. The second-order valence-electron chi connectivity index (χ2n) is 4.77. The van der Waals surface area contributed by atoms with E-state index in [0.29, 0.717) is 0 Å². The number of benzene rings is 1. The number of halogens is 1. The molecule has 0 amide bonds. The van der Waals surface area contributed by atoms with Crippen LogP contribution in [0.3, 0.4) is 0 Å². The summed E-state index contributed by atoms with van der Waals surface area (Å²) in [4.78, 5) is 11.9. The van der Waals surface area contributed by atoms with Gasteiger partial charge in [-0.25, -0.2) is 8.42 Å². The summed E-state index contributed by atoms with van der Waals surface area (Å²) in [5.41, 5.74) is 0.252. The van der Waals surface area contributed by atoms with E-state index in [1.807, 2.05) is 0 Å². The van der Waals surface area contributed by atoms with Crippen molar-refractivity contribution in [3.63, 3.8) is 0 Å². The SMILES string of the molecule is CC(C)(C)S(=O)(=O)CC(=O)c1ccccc1Cl. The van der Waals surface area contributed by atoms with Gasteiger partial charge in [-0.2, -0.15) is 0 Å². The normalized spacial score (nSPS) is 12.5. The van der Waals surface area contributed by atoms with E-state index in [-0.39, 0.29) is 10.6 Å². The maximum absolute atomic E-state index is 11.9. The first-order chi connectivity index (χ1) is 7.65. The fourth-order valence-electron chi connectivity index (χ4n) is 1.15. The fraction of sp³-hybridized carbons (Fsp3) is 0.417. The highest BCUT2D eigenvalue weighted by atomic mass is 35.5. The van der Waals surface area contributed by atoms with Crippen LogP contribution in [0.1, 0.15) is 31.1 Å². The summed E-state index contributed by atoms with van der Waals surface area (Å²) < 4.78 is 22.8. The lowest BCUT2D eigenvalue weighted by molar-refractivity contribution is 0.102. The van der Waals surface area contributed by atoms with E-state index >= 15 is 0 Å². The Hall–Kier alpha value is -0.870. The second-order valence-corrected chi connectivity index (χ2v) is 7.92. The molecular formula is C12H15ClO3S. The average Bonchev–Trinajstić information content (AvgIpc) is 2.15. The molecule has 0 heterocycles. The van der Waals surface area contributed by atoms with Crippen molar-refractivity contribution >= 4 is 27.2 Å². The van der Waals surface area contributed by atoms with Crippen LogP contribution >= 0.6 is 11.6 Å². The molecule has 0 aliphatic heterocycles. The summed E-state index contributed by atoms with van der Waals surface area (Å²) in [7, 11) is -3.47. The van der Waals surface area contributed by atoms with Gasteiger partial charge in [-0.05, 0) is 32.9 Å². The van der Waals surface area contributed by atoms with E-state index in [9.17, 15) is 13.2 Å². The van der Waals surface area contributed by atoms with Gasteiger partial charge in [0, 0.05) is 5.56 Å². The number of carbonyl (C=O) groups excluding carboxylic acids is 1. The minimum absolute atomic E-state index is 0.252. The van der Waals surface area contributed by atoms with Gasteiger partial charge in [0.15, 0.2) is 15.6 Å². The molecule has 0 spiro atoms. The third-order valence-corrected chi connectivity index (χ3v) is 5.27. The van der Waals surface area contributed by atoms with E-state index < -0.39 is 26.1 Å². The molecule has 0 aliphatic carbocycles. The maximum Gasteiger partial charge on any atom is 0.179 e. The molecule has 5 heteroatoms. The van der Waals surface area contributed by atoms with Crippen LogP contribution in [-0.4, -0.2) is 24.7 Å². The smallest absolute Gasteiger partial charge is 0.179 e. The molecule has 0 saturated heterocycles. The van der Waals surface area contributed by atoms with Crippen molar-refractivity contribution in [2.45, 2.75) is 25.5 Å². The lowest BCUT2D eigenvalue weighted by Crippen LogP contribution is -2.33. The van der Waals surface area contributed by atoms with Gasteiger partial charge in [-0.1, -0.05) is 23.7 Å². The molecule has 0 fully saturated rings. The molecule has 0 radical (unpaired) electrons. The molecule has 0 unspecified atom stereocenters. The summed E-state index contributed by atoms with van der Waals surface area (Å²) in [5, 5.41) is 0.279. The molecule has 94 valence electrons. The van der Waals surface area contributed by atoms with Crippen LogP contribution < -0.4 is 0 Å². The molecule has 0 saturated carbocycles. The first kappa shape index (κ1) is 14.2. The number of Topliss-reactive ketones (excluding diaryl/α,β-unsaturated/α-hetero) is 1. The summed E-state index contributed by atoms with van der Waals surface area (Å²) >= 11 is 5.85. The van der Waals surface area contributed by atoms with Gasteiger partial charge in [-0.15, -0.1) is 0 Å². The molecule has 0 aromatic heterocycles. The summed E-state index contributed by atoms with van der Waals surface area (Å²) in [6.45, 7) is 4.71. The van der Waals surface area contributed by atoms with Crippen LogP contribution in [0.5, 0.6) is 0 Å². The highest BCUT2D eigenvalue weighted by Crippen LogP contribution is 2.20. The first-order valence-corrected chi connectivity index (χ1v) is 7.18. The Labute approximate surface area is 107 Å². The largest absolute Gasteiger partial charge is 0.293 e. The molecule has 0 bridgehead atoms. The lowest BCUT2D eigenvalue weighted by atomic mass is 10.1. The quantitative estimate of drug-likeness (QED) is 0.797. The van der Waals surface area contributed by atoms with E-state index in [1.165, 1.54) is 6.07 Å². The molecular weight excluding hydrogens is 260 g/mol. The number of ketones is 1. The monoisotopic (exact) mass is 274 g/mol. The molecule has 0 N–H and O–H groups in total. The topological polar surface area (TPSA) is 51.2 Å². The van der Waals surface area contributed by atoms with Gasteiger partial charge in [0.1, 0.15) is 5.75 Å². The number of hydrogen-bond acceptors (Lipinski definition) is 3. The zero-order valence-electron chi connectivity index (χ0n) is 10.0. The minimum Gasteiger partial charge on any atom is -0.293 e. The van der Waals surface area contributed by atoms with Crippen LogP contribution in [0.15, 0.2) is 24.3 Å². The van der Waals surface area contributed by atoms with Gasteiger partial charge < -0.3 is 0 Å². The highest BCUT2D eigenvalue weighted by molar-refractivity contribution is 7.93. The average molecular weight is 275 g/mol. The zero-order valence-corrected chi connectivity index (χ0v) is 11.6. The third kappa shape index (κ3) is 3.30. The van der Waals surface area contributed by atoms with Gasteiger partial charge in [-0.3, -0.25) is 4.79 Å². The Balaban J connectivity index is 3.00. The van der Waals surface area contributed by atoms with Crippen molar-refractivity contribution in [2.75, 3.05) is 5.75 Å². The highest BCUT2D eigenvalue weighted by Gasteiger charge is 2.31.